The Labute approximate surface area is 137 Å². The third kappa shape index (κ3) is 4.95. The summed E-state index contributed by atoms with van der Waals surface area (Å²) >= 11 is 12.0. The first-order chi connectivity index (χ1) is 9.39. The SMILES string of the molecule is Cl.O=C(NCCc1c(Cl)cccc1Cl)C1CC(F)(F)CN1. The minimum atomic E-state index is -2.81. The number of alkyl halides is 2. The maximum Gasteiger partial charge on any atom is 0.262 e. The average molecular weight is 360 g/mol. The average Bonchev–Trinajstić information content (AvgIpc) is 2.73. The van der Waals surface area contributed by atoms with Gasteiger partial charge in [-0.1, -0.05) is 29.3 Å². The van der Waals surface area contributed by atoms with Crippen LogP contribution in [0.15, 0.2) is 18.2 Å². The highest BCUT2D eigenvalue weighted by molar-refractivity contribution is 6.35. The molecule has 1 aliphatic heterocycles. The van der Waals surface area contributed by atoms with Gasteiger partial charge in [-0.2, -0.15) is 0 Å². The molecule has 1 aliphatic rings. The largest absolute Gasteiger partial charge is 0.354 e. The first kappa shape index (κ1) is 18.4. The highest BCUT2D eigenvalue weighted by Gasteiger charge is 2.42. The van der Waals surface area contributed by atoms with Crippen LogP contribution in [0.5, 0.6) is 0 Å². The Morgan fingerprint density at radius 1 is 1.38 bits per heavy atom. The molecule has 2 rings (SSSR count). The zero-order valence-electron chi connectivity index (χ0n) is 11.0. The summed E-state index contributed by atoms with van der Waals surface area (Å²) in [5, 5.41) is 6.17. The number of rotatable bonds is 4. The Bertz CT molecular complexity index is 494. The van der Waals surface area contributed by atoms with E-state index >= 15 is 0 Å². The van der Waals surface area contributed by atoms with Gasteiger partial charge in [0.25, 0.3) is 5.92 Å². The number of hydrogen-bond donors (Lipinski definition) is 2. The molecule has 0 spiro atoms. The lowest BCUT2D eigenvalue weighted by Gasteiger charge is -2.12. The van der Waals surface area contributed by atoms with Crippen LogP contribution in [0, 0.1) is 0 Å². The number of carbonyl (C=O) groups is 1. The van der Waals surface area contributed by atoms with Crippen LogP contribution in [0.4, 0.5) is 8.78 Å². The minimum Gasteiger partial charge on any atom is -0.354 e. The van der Waals surface area contributed by atoms with Crippen molar-refractivity contribution in [3.05, 3.63) is 33.8 Å². The van der Waals surface area contributed by atoms with Crippen LogP contribution in [0.25, 0.3) is 0 Å². The number of nitrogens with one attached hydrogen (secondary N) is 2. The Morgan fingerprint density at radius 2 is 2.00 bits per heavy atom. The Hall–Kier alpha value is -0.620. The van der Waals surface area contributed by atoms with Gasteiger partial charge in [0.2, 0.25) is 5.91 Å². The van der Waals surface area contributed by atoms with Crippen molar-refractivity contribution in [3.8, 4) is 0 Å². The molecule has 1 unspecified atom stereocenters. The molecule has 1 aromatic rings. The topological polar surface area (TPSA) is 41.1 Å². The lowest BCUT2D eigenvalue weighted by Crippen LogP contribution is -2.41. The van der Waals surface area contributed by atoms with Gasteiger partial charge in [-0.15, -0.1) is 12.4 Å². The maximum absolute atomic E-state index is 13.0. The summed E-state index contributed by atoms with van der Waals surface area (Å²) in [6.07, 6.45) is -0.0148. The summed E-state index contributed by atoms with van der Waals surface area (Å²) in [5.41, 5.74) is 0.737. The third-order valence-electron chi connectivity index (χ3n) is 3.16. The minimum absolute atomic E-state index is 0. The zero-order chi connectivity index (χ0) is 14.8. The van der Waals surface area contributed by atoms with Crippen molar-refractivity contribution in [2.24, 2.45) is 0 Å². The number of hydrogen-bond acceptors (Lipinski definition) is 2. The van der Waals surface area contributed by atoms with Crippen LogP contribution in [-0.4, -0.2) is 31.0 Å². The summed E-state index contributed by atoms with van der Waals surface area (Å²) in [6.45, 7) is -0.159. The van der Waals surface area contributed by atoms with E-state index in [-0.39, 0.29) is 12.4 Å². The Kier molecular flexibility index (Phi) is 6.66. The van der Waals surface area contributed by atoms with Crippen LogP contribution in [-0.2, 0) is 11.2 Å². The van der Waals surface area contributed by atoms with Gasteiger partial charge in [0, 0.05) is 23.0 Å². The summed E-state index contributed by atoms with van der Waals surface area (Å²) in [4.78, 5) is 11.7. The standard InChI is InChI=1S/C13H14Cl2F2N2O.ClH/c14-9-2-1-3-10(15)8(9)4-5-18-12(20)11-6-13(16,17)7-19-11;/h1-3,11,19H,4-7H2,(H,18,20);1H. The van der Waals surface area contributed by atoms with E-state index in [1.807, 2.05) is 0 Å². The number of benzene rings is 1. The second kappa shape index (κ2) is 7.58. The molecule has 8 heteroatoms. The molecule has 1 heterocycles. The summed E-state index contributed by atoms with van der Waals surface area (Å²) in [5.74, 6) is -3.24. The number of carbonyl (C=O) groups excluding carboxylic acids is 1. The lowest BCUT2D eigenvalue weighted by molar-refractivity contribution is -0.123. The van der Waals surface area contributed by atoms with Crippen molar-refractivity contribution < 1.29 is 13.6 Å². The fraction of sp³-hybridized carbons (Fsp3) is 0.462. The molecule has 3 nitrogen and oxygen atoms in total. The predicted octanol–water partition coefficient (Wildman–Crippen LogP) is 3.07. The van der Waals surface area contributed by atoms with Gasteiger partial charge in [-0.3, -0.25) is 10.1 Å². The van der Waals surface area contributed by atoms with Crippen molar-refractivity contribution in [1.82, 2.24) is 10.6 Å². The van der Waals surface area contributed by atoms with Crippen molar-refractivity contribution in [3.63, 3.8) is 0 Å². The van der Waals surface area contributed by atoms with Crippen LogP contribution in [0.3, 0.4) is 0 Å². The van der Waals surface area contributed by atoms with E-state index in [1.165, 1.54) is 0 Å². The Balaban J connectivity index is 0.00000220. The molecule has 1 fully saturated rings. The molecule has 118 valence electrons. The van der Waals surface area contributed by atoms with Gasteiger partial charge in [0.05, 0.1) is 12.6 Å². The van der Waals surface area contributed by atoms with Crippen molar-refractivity contribution in [1.29, 1.82) is 0 Å². The van der Waals surface area contributed by atoms with Gasteiger partial charge in [0.1, 0.15) is 0 Å². The summed E-state index contributed by atoms with van der Waals surface area (Å²) < 4.78 is 25.9. The van der Waals surface area contributed by atoms with Crippen LogP contribution < -0.4 is 10.6 Å². The predicted molar refractivity (Wildman–Crippen MR) is 81.8 cm³/mol. The highest BCUT2D eigenvalue weighted by Crippen LogP contribution is 2.26. The summed E-state index contributed by atoms with van der Waals surface area (Å²) in [7, 11) is 0. The van der Waals surface area contributed by atoms with Gasteiger partial charge >= 0.3 is 0 Å². The molecule has 2 N–H and O–H groups in total. The molecule has 1 saturated heterocycles. The molecule has 0 saturated carbocycles. The van der Waals surface area contributed by atoms with Crippen LogP contribution in [0.1, 0.15) is 12.0 Å². The van der Waals surface area contributed by atoms with E-state index < -0.39 is 30.8 Å². The quantitative estimate of drug-likeness (QED) is 0.867. The third-order valence-corrected chi connectivity index (χ3v) is 3.87. The van der Waals surface area contributed by atoms with E-state index in [2.05, 4.69) is 10.6 Å². The molecule has 0 aromatic heterocycles. The maximum atomic E-state index is 13.0. The van der Waals surface area contributed by atoms with Crippen molar-refractivity contribution in [2.75, 3.05) is 13.1 Å². The van der Waals surface area contributed by atoms with Crippen LogP contribution in [0.2, 0.25) is 10.0 Å². The van der Waals surface area contributed by atoms with Gasteiger partial charge < -0.3 is 5.32 Å². The van der Waals surface area contributed by atoms with Crippen molar-refractivity contribution in [2.45, 2.75) is 24.8 Å². The van der Waals surface area contributed by atoms with Crippen molar-refractivity contribution >= 4 is 41.5 Å². The molecule has 0 aliphatic carbocycles. The monoisotopic (exact) mass is 358 g/mol. The zero-order valence-corrected chi connectivity index (χ0v) is 13.3. The molecule has 1 amide bonds. The normalized spacial score (nSPS) is 19.9. The summed E-state index contributed by atoms with van der Waals surface area (Å²) in [6, 6.07) is 4.32. The molecular weight excluding hydrogens is 345 g/mol. The highest BCUT2D eigenvalue weighted by atomic mass is 35.5. The van der Waals surface area contributed by atoms with Gasteiger partial charge in [-0.05, 0) is 24.1 Å². The van der Waals surface area contributed by atoms with E-state index in [4.69, 9.17) is 23.2 Å². The first-order valence-corrected chi connectivity index (χ1v) is 6.96. The number of halogens is 5. The molecular formula is C13H15Cl3F2N2O. The van der Waals surface area contributed by atoms with E-state index in [0.717, 1.165) is 5.56 Å². The molecule has 1 atom stereocenters. The molecule has 1 aromatic carbocycles. The van der Waals surface area contributed by atoms with Gasteiger partial charge in [-0.25, -0.2) is 8.78 Å². The molecule has 0 bridgehead atoms. The fourth-order valence-electron chi connectivity index (χ4n) is 2.11. The fourth-order valence-corrected chi connectivity index (χ4v) is 2.69. The van der Waals surface area contributed by atoms with E-state index in [0.29, 0.717) is 23.0 Å². The van der Waals surface area contributed by atoms with E-state index in [1.54, 1.807) is 18.2 Å². The van der Waals surface area contributed by atoms with Gasteiger partial charge in [0.15, 0.2) is 0 Å². The second-order valence-electron chi connectivity index (χ2n) is 4.73. The number of amides is 1. The molecule has 0 radical (unpaired) electrons. The first-order valence-electron chi connectivity index (χ1n) is 6.21. The lowest BCUT2D eigenvalue weighted by atomic mass is 10.1. The second-order valence-corrected chi connectivity index (χ2v) is 5.55. The van der Waals surface area contributed by atoms with E-state index in [9.17, 15) is 13.6 Å². The molecule has 21 heavy (non-hydrogen) atoms. The smallest absolute Gasteiger partial charge is 0.262 e. The Morgan fingerprint density at radius 3 is 2.52 bits per heavy atom. The van der Waals surface area contributed by atoms with Crippen LogP contribution >= 0.6 is 35.6 Å².